The van der Waals surface area contributed by atoms with Crippen LogP contribution in [0.4, 0.5) is 4.79 Å². The lowest BCUT2D eigenvalue weighted by Crippen LogP contribution is -2.33. The van der Waals surface area contributed by atoms with Crippen molar-refractivity contribution >= 4 is 34.8 Å². The average Bonchev–Trinajstić information content (AvgIpc) is 3.46. The number of hydrogen-bond donors (Lipinski definition) is 2. The van der Waals surface area contributed by atoms with Crippen molar-refractivity contribution < 1.29 is 29.0 Å². The summed E-state index contributed by atoms with van der Waals surface area (Å²) in [6.45, 7) is 4.42. The molecule has 2 N–H and O–H groups in total. The fourth-order valence-electron chi connectivity index (χ4n) is 5.23. The molecule has 3 amide bonds. The van der Waals surface area contributed by atoms with E-state index in [2.05, 4.69) is 11.9 Å². The van der Waals surface area contributed by atoms with Gasteiger partial charge in [-0.15, -0.1) is 6.58 Å². The predicted octanol–water partition coefficient (Wildman–Crippen LogP) is 2.45. The number of carboxylic acids is 1. The van der Waals surface area contributed by atoms with Crippen LogP contribution in [-0.4, -0.2) is 57.6 Å². The molecule has 1 aliphatic carbocycles. The number of imide groups is 1. The number of carboxylic acid groups (broad SMARTS) is 1. The molecule has 1 aromatic carbocycles. The van der Waals surface area contributed by atoms with E-state index in [1.807, 2.05) is 18.2 Å². The van der Waals surface area contributed by atoms with Crippen molar-refractivity contribution in [3.05, 3.63) is 72.0 Å². The Bertz CT molecular complexity index is 1290. The number of amides is 3. The van der Waals surface area contributed by atoms with Gasteiger partial charge in [-0.05, 0) is 36.1 Å². The van der Waals surface area contributed by atoms with Crippen LogP contribution in [0.15, 0.2) is 55.2 Å². The predicted molar refractivity (Wildman–Crippen MR) is 127 cm³/mol. The molecule has 3 aliphatic rings. The molecule has 1 aromatic heterocycles. The summed E-state index contributed by atoms with van der Waals surface area (Å²) in [7, 11) is 0. The summed E-state index contributed by atoms with van der Waals surface area (Å²) >= 11 is 0. The van der Waals surface area contributed by atoms with Gasteiger partial charge in [0.1, 0.15) is 12.3 Å². The molecule has 2 aliphatic heterocycles. The Hall–Kier alpha value is -4.14. The molecule has 3 atom stereocenters. The number of allylic oxidation sites excluding steroid dienone is 3. The molecule has 0 radical (unpaired) electrons. The Morgan fingerprint density at radius 2 is 1.89 bits per heavy atom. The molecule has 35 heavy (non-hydrogen) atoms. The van der Waals surface area contributed by atoms with E-state index in [0.717, 1.165) is 16.5 Å². The van der Waals surface area contributed by atoms with Gasteiger partial charge in [0.25, 0.3) is 0 Å². The van der Waals surface area contributed by atoms with Crippen LogP contribution in [0, 0.1) is 11.8 Å². The molecule has 2 aromatic rings. The maximum absolute atomic E-state index is 12.9. The van der Waals surface area contributed by atoms with Crippen molar-refractivity contribution in [1.82, 2.24) is 14.8 Å². The van der Waals surface area contributed by atoms with Crippen LogP contribution in [-0.2, 0) is 33.7 Å². The standard InChI is InChI=1S/C26H25N3O6/c1-2-10-28-21-8-7-15(12-16-14-35-26(34)27-16)13-20(21)17(22(28)25(32)33)9-11-29-23(30)18-5-3-4-6-19(18)24(29)31/h2-8,13,16,18-19H,1,9-12,14H2,(H,27,34)(H,32,33)/t16-,18?,19?/m0/s1. The number of cyclic esters (lactones) is 1. The van der Waals surface area contributed by atoms with E-state index in [4.69, 9.17) is 4.74 Å². The van der Waals surface area contributed by atoms with E-state index < -0.39 is 23.9 Å². The summed E-state index contributed by atoms with van der Waals surface area (Å²) in [5, 5.41) is 13.6. The van der Waals surface area contributed by atoms with Gasteiger partial charge in [0.05, 0.1) is 17.9 Å². The summed E-state index contributed by atoms with van der Waals surface area (Å²) in [6, 6.07) is 5.51. The molecule has 2 unspecified atom stereocenters. The third-order valence-electron chi connectivity index (χ3n) is 6.79. The van der Waals surface area contributed by atoms with E-state index in [1.165, 1.54) is 4.90 Å². The first kappa shape index (κ1) is 22.6. The van der Waals surface area contributed by atoms with Gasteiger partial charge in [-0.1, -0.05) is 36.4 Å². The second-order valence-corrected chi connectivity index (χ2v) is 8.93. The molecule has 5 rings (SSSR count). The largest absolute Gasteiger partial charge is 0.477 e. The van der Waals surface area contributed by atoms with Gasteiger partial charge in [0, 0.05) is 24.0 Å². The quantitative estimate of drug-likeness (QED) is 0.447. The van der Waals surface area contributed by atoms with Gasteiger partial charge in [0.2, 0.25) is 11.8 Å². The molecule has 180 valence electrons. The first-order valence-corrected chi connectivity index (χ1v) is 11.5. The minimum absolute atomic E-state index is 0.0938. The Balaban J connectivity index is 1.50. The van der Waals surface area contributed by atoms with E-state index in [9.17, 15) is 24.3 Å². The topological polar surface area (TPSA) is 118 Å². The lowest BCUT2D eigenvalue weighted by atomic mass is 9.91. The van der Waals surface area contributed by atoms with Crippen LogP contribution in [0.1, 0.15) is 21.6 Å². The van der Waals surface area contributed by atoms with Gasteiger partial charge in [-0.2, -0.15) is 0 Å². The molecule has 2 saturated heterocycles. The normalized spacial score (nSPS) is 23.0. The number of alkyl carbamates (subject to hydrolysis) is 1. The zero-order valence-corrected chi connectivity index (χ0v) is 19.0. The number of carbonyl (C=O) groups is 4. The lowest BCUT2D eigenvalue weighted by Gasteiger charge is -2.15. The zero-order valence-electron chi connectivity index (χ0n) is 19.0. The maximum atomic E-state index is 12.9. The Morgan fingerprint density at radius 3 is 2.49 bits per heavy atom. The summed E-state index contributed by atoms with van der Waals surface area (Å²) in [4.78, 5) is 50.7. The van der Waals surface area contributed by atoms with E-state index in [1.54, 1.807) is 34.9 Å². The minimum atomic E-state index is -1.09. The summed E-state index contributed by atoms with van der Waals surface area (Å²) < 4.78 is 6.65. The van der Waals surface area contributed by atoms with Gasteiger partial charge < -0.3 is 19.7 Å². The molecular weight excluding hydrogens is 450 g/mol. The number of nitrogens with one attached hydrogen (secondary N) is 1. The van der Waals surface area contributed by atoms with E-state index in [0.29, 0.717) is 18.5 Å². The second-order valence-electron chi connectivity index (χ2n) is 8.93. The molecule has 0 bridgehead atoms. The third kappa shape index (κ3) is 3.92. The number of benzene rings is 1. The fraction of sp³-hybridized carbons (Fsp3) is 0.308. The first-order chi connectivity index (χ1) is 16.9. The lowest BCUT2D eigenvalue weighted by molar-refractivity contribution is -0.139. The number of aromatic carboxylic acids is 1. The highest BCUT2D eigenvalue weighted by Crippen LogP contribution is 2.33. The Morgan fingerprint density at radius 1 is 1.17 bits per heavy atom. The van der Waals surface area contributed by atoms with Crippen molar-refractivity contribution in [1.29, 1.82) is 0 Å². The molecule has 9 nitrogen and oxygen atoms in total. The number of rotatable bonds is 8. The smallest absolute Gasteiger partial charge is 0.407 e. The number of carbonyl (C=O) groups excluding carboxylic acids is 3. The van der Waals surface area contributed by atoms with Crippen LogP contribution >= 0.6 is 0 Å². The number of fused-ring (bicyclic) bond motifs is 2. The molecule has 0 spiro atoms. The number of likely N-dealkylation sites (tertiary alicyclic amines) is 1. The van der Waals surface area contributed by atoms with Crippen LogP contribution in [0.5, 0.6) is 0 Å². The van der Waals surface area contributed by atoms with Crippen LogP contribution < -0.4 is 5.32 Å². The third-order valence-corrected chi connectivity index (χ3v) is 6.79. The van der Waals surface area contributed by atoms with Crippen LogP contribution in [0.2, 0.25) is 0 Å². The Kier molecular flexibility index (Phi) is 5.76. The van der Waals surface area contributed by atoms with Crippen molar-refractivity contribution in [3.8, 4) is 0 Å². The van der Waals surface area contributed by atoms with Gasteiger partial charge >= 0.3 is 12.1 Å². The first-order valence-electron chi connectivity index (χ1n) is 11.5. The second kappa shape index (κ2) is 8.90. The summed E-state index contributed by atoms with van der Waals surface area (Å²) in [6.07, 6.45) is 8.92. The SMILES string of the molecule is C=CCn1c(C(=O)O)c(CCN2C(=O)C3C=CC=CC3C2=O)c2cc(C[C@H]3COC(=O)N3)ccc21. The monoisotopic (exact) mass is 475 g/mol. The number of hydrogen-bond acceptors (Lipinski definition) is 5. The maximum Gasteiger partial charge on any atom is 0.407 e. The van der Waals surface area contributed by atoms with Crippen molar-refractivity contribution in [3.63, 3.8) is 0 Å². The van der Waals surface area contributed by atoms with Gasteiger partial charge in [0.15, 0.2) is 0 Å². The summed E-state index contributed by atoms with van der Waals surface area (Å²) in [5.74, 6) is -2.60. The van der Waals surface area contributed by atoms with Crippen molar-refractivity contribution in [2.24, 2.45) is 11.8 Å². The molecule has 3 heterocycles. The highest BCUT2D eigenvalue weighted by molar-refractivity contribution is 6.07. The van der Waals surface area contributed by atoms with Crippen molar-refractivity contribution in [2.75, 3.05) is 13.2 Å². The highest BCUT2D eigenvalue weighted by atomic mass is 16.6. The Labute approximate surface area is 201 Å². The molecule has 0 saturated carbocycles. The van der Waals surface area contributed by atoms with E-state index >= 15 is 0 Å². The average molecular weight is 476 g/mol. The number of nitrogens with zero attached hydrogens (tertiary/aromatic N) is 2. The minimum Gasteiger partial charge on any atom is -0.477 e. The van der Waals surface area contributed by atoms with Crippen molar-refractivity contribution in [2.45, 2.75) is 25.4 Å². The van der Waals surface area contributed by atoms with Crippen LogP contribution in [0.25, 0.3) is 10.9 Å². The summed E-state index contributed by atoms with van der Waals surface area (Å²) in [5.41, 5.74) is 2.32. The fourth-order valence-corrected chi connectivity index (χ4v) is 5.23. The van der Waals surface area contributed by atoms with Gasteiger partial charge in [-0.25, -0.2) is 9.59 Å². The molecule has 9 heteroatoms. The van der Waals surface area contributed by atoms with E-state index in [-0.39, 0.29) is 43.1 Å². The molecule has 2 fully saturated rings. The van der Waals surface area contributed by atoms with Crippen LogP contribution in [0.3, 0.4) is 0 Å². The highest BCUT2D eigenvalue weighted by Gasteiger charge is 2.45. The zero-order chi connectivity index (χ0) is 24.7. The van der Waals surface area contributed by atoms with Gasteiger partial charge in [-0.3, -0.25) is 14.5 Å². The number of ether oxygens (including phenoxy) is 1. The number of aromatic nitrogens is 1. The molecular formula is C26H25N3O6.